The maximum absolute atomic E-state index is 5.93. The number of fused-ring (bicyclic) bond motifs is 1. The van der Waals surface area contributed by atoms with Gasteiger partial charge in [-0.2, -0.15) is 0 Å². The highest BCUT2D eigenvalue weighted by Gasteiger charge is 2.13. The van der Waals surface area contributed by atoms with Gasteiger partial charge in [0.15, 0.2) is 0 Å². The number of hydrogen-bond acceptors (Lipinski definition) is 6. The van der Waals surface area contributed by atoms with Crippen molar-refractivity contribution in [3.63, 3.8) is 0 Å². The van der Waals surface area contributed by atoms with Gasteiger partial charge in [-0.1, -0.05) is 35.1 Å². The first kappa shape index (κ1) is 17.7. The van der Waals surface area contributed by atoms with Crippen LogP contribution in [-0.2, 0) is 9.47 Å². The zero-order valence-electron chi connectivity index (χ0n) is 14.4. The number of aromatic nitrogens is 3. The third-order valence-electron chi connectivity index (χ3n) is 4.30. The van der Waals surface area contributed by atoms with Crippen molar-refractivity contribution in [3.8, 4) is 11.3 Å². The standard InChI is InChI=1S/C18H21ClN4O2S/c19-14-4-2-13(3-5-14)16-12-23-18(21-16)26-17(22-23)20-8-1-9-25-15-6-10-24-11-7-15/h2-5,12,15H,1,6-11H2,(H,20,22). The van der Waals surface area contributed by atoms with Crippen molar-refractivity contribution in [2.75, 3.05) is 31.7 Å². The molecule has 1 aromatic carbocycles. The fourth-order valence-corrected chi connectivity index (χ4v) is 3.82. The molecule has 1 saturated heterocycles. The number of rotatable bonds is 7. The smallest absolute Gasteiger partial charge is 0.214 e. The fourth-order valence-electron chi connectivity index (χ4n) is 2.89. The van der Waals surface area contributed by atoms with Crippen LogP contribution in [0.25, 0.3) is 16.2 Å². The molecule has 0 unspecified atom stereocenters. The van der Waals surface area contributed by atoms with Crippen LogP contribution in [0.15, 0.2) is 30.5 Å². The SMILES string of the molecule is Clc1ccc(-c2cn3nc(NCCCOC4CCOCC4)sc3n2)cc1. The average Bonchev–Trinajstić information content (AvgIpc) is 3.22. The number of imidazole rings is 1. The summed E-state index contributed by atoms with van der Waals surface area (Å²) < 4.78 is 13.0. The molecule has 26 heavy (non-hydrogen) atoms. The van der Waals surface area contributed by atoms with Crippen LogP contribution in [0.2, 0.25) is 5.02 Å². The molecule has 6 nitrogen and oxygen atoms in total. The molecule has 3 aromatic rings. The largest absolute Gasteiger partial charge is 0.381 e. The van der Waals surface area contributed by atoms with Crippen molar-refractivity contribution in [1.82, 2.24) is 14.6 Å². The normalized spacial score (nSPS) is 15.6. The van der Waals surface area contributed by atoms with Crippen molar-refractivity contribution >= 4 is 33.0 Å². The maximum atomic E-state index is 5.93. The van der Waals surface area contributed by atoms with Crippen LogP contribution in [0.3, 0.4) is 0 Å². The first-order valence-corrected chi connectivity index (χ1v) is 10.0. The van der Waals surface area contributed by atoms with Gasteiger partial charge in [-0.25, -0.2) is 9.50 Å². The van der Waals surface area contributed by atoms with Crippen molar-refractivity contribution < 1.29 is 9.47 Å². The van der Waals surface area contributed by atoms with E-state index in [0.29, 0.717) is 6.10 Å². The molecule has 0 spiro atoms. The minimum absolute atomic E-state index is 0.359. The first-order chi connectivity index (χ1) is 12.8. The van der Waals surface area contributed by atoms with Crippen LogP contribution >= 0.6 is 22.9 Å². The quantitative estimate of drug-likeness (QED) is 0.613. The lowest BCUT2D eigenvalue weighted by Gasteiger charge is -2.22. The first-order valence-electron chi connectivity index (χ1n) is 8.83. The van der Waals surface area contributed by atoms with E-state index in [1.807, 2.05) is 35.0 Å². The summed E-state index contributed by atoms with van der Waals surface area (Å²) >= 11 is 7.48. The summed E-state index contributed by atoms with van der Waals surface area (Å²) in [5.74, 6) is 0. The Labute approximate surface area is 161 Å². The van der Waals surface area contributed by atoms with E-state index < -0.39 is 0 Å². The van der Waals surface area contributed by atoms with Crippen molar-refractivity contribution in [1.29, 1.82) is 0 Å². The van der Waals surface area contributed by atoms with E-state index in [1.54, 1.807) is 11.3 Å². The van der Waals surface area contributed by atoms with Gasteiger partial charge in [-0.15, -0.1) is 5.10 Å². The van der Waals surface area contributed by atoms with Gasteiger partial charge in [0, 0.05) is 37.0 Å². The second-order valence-corrected chi connectivity index (χ2v) is 7.62. The second kappa shape index (κ2) is 8.35. The Morgan fingerprint density at radius 1 is 1.27 bits per heavy atom. The molecular formula is C18H21ClN4O2S. The molecule has 3 heterocycles. The van der Waals surface area contributed by atoms with Gasteiger partial charge < -0.3 is 14.8 Å². The molecular weight excluding hydrogens is 372 g/mol. The number of ether oxygens (including phenoxy) is 2. The highest BCUT2D eigenvalue weighted by atomic mass is 35.5. The Kier molecular flexibility index (Phi) is 5.69. The van der Waals surface area contributed by atoms with Gasteiger partial charge in [-0.3, -0.25) is 0 Å². The second-order valence-electron chi connectivity index (χ2n) is 6.23. The molecule has 1 aliphatic heterocycles. The van der Waals surface area contributed by atoms with E-state index in [9.17, 15) is 0 Å². The van der Waals surface area contributed by atoms with E-state index in [2.05, 4.69) is 15.4 Å². The molecule has 0 atom stereocenters. The Balaban J connectivity index is 1.26. The summed E-state index contributed by atoms with van der Waals surface area (Å²) in [4.78, 5) is 5.51. The summed E-state index contributed by atoms with van der Waals surface area (Å²) in [5.41, 5.74) is 1.93. The summed E-state index contributed by atoms with van der Waals surface area (Å²) in [7, 11) is 0. The molecule has 0 radical (unpaired) electrons. The average molecular weight is 393 g/mol. The molecule has 1 N–H and O–H groups in total. The van der Waals surface area contributed by atoms with Crippen molar-refractivity contribution in [2.24, 2.45) is 0 Å². The zero-order valence-corrected chi connectivity index (χ0v) is 15.9. The number of halogens is 1. The van der Waals surface area contributed by atoms with E-state index in [-0.39, 0.29) is 0 Å². The van der Waals surface area contributed by atoms with Gasteiger partial charge in [0.2, 0.25) is 10.1 Å². The predicted octanol–water partition coefficient (Wildman–Crippen LogP) is 4.11. The highest BCUT2D eigenvalue weighted by Crippen LogP contribution is 2.25. The molecule has 8 heteroatoms. The summed E-state index contributed by atoms with van der Waals surface area (Å²) in [6.07, 6.45) is 5.27. The number of nitrogens with zero attached hydrogens (tertiary/aromatic N) is 3. The molecule has 1 aliphatic rings. The number of nitrogens with one attached hydrogen (secondary N) is 1. The third-order valence-corrected chi connectivity index (χ3v) is 5.43. The number of hydrogen-bond donors (Lipinski definition) is 1. The minimum atomic E-state index is 0.359. The van der Waals surface area contributed by atoms with E-state index in [4.69, 9.17) is 21.1 Å². The lowest BCUT2D eigenvalue weighted by Crippen LogP contribution is -2.24. The Morgan fingerprint density at radius 3 is 2.85 bits per heavy atom. The van der Waals surface area contributed by atoms with Gasteiger partial charge >= 0.3 is 0 Å². The summed E-state index contributed by atoms with van der Waals surface area (Å²) in [6, 6.07) is 7.67. The molecule has 2 aromatic heterocycles. The lowest BCUT2D eigenvalue weighted by molar-refractivity contribution is -0.0316. The molecule has 0 bridgehead atoms. The van der Waals surface area contributed by atoms with Crippen LogP contribution in [-0.4, -0.2) is 47.1 Å². The predicted molar refractivity (Wildman–Crippen MR) is 104 cm³/mol. The molecule has 0 amide bonds. The lowest BCUT2D eigenvalue weighted by atomic mass is 10.1. The van der Waals surface area contributed by atoms with E-state index >= 15 is 0 Å². The van der Waals surface area contributed by atoms with Crippen molar-refractivity contribution in [2.45, 2.75) is 25.4 Å². The van der Waals surface area contributed by atoms with Gasteiger partial charge in [-0.05, 0) is 31.4 Å². The van der Waals surface area contributed by atoms with Gasteiger partial charge in [0.05, 0.1) is 18.0 Å². The minimum Gasteiger partial charge on any atom is -0.381 e. The van der Waals surface area contributed by atoms with Crippen LogP contribution in [0.5, 0.6) is 0 Å². The van der Waals surface area contributed by atoms with E-state index in [0.717, 1.165) is 72.0 Å². The maximum Gasteiger partial charge on any atom is 0.214 e. The van der Waals surface area contributed by atoms with Gasteiger partial charge in [0.1, 0.15) is 0 Å². The Bertz CT molecular complexity index is 811. The topological polar surface area (TPSA) is 60.7 Å². The molecule has 138 valence electrons. The monoisotopic (exact) mass is 392 g/mol. The molecule has 0 aliphatic carbocycles. The third kappa shape index (κ3) is 4.35. The fraction of sp³-hybridized carbons (Fsp3) is 0.444. The highest BCUT2D eigenvalue weighted by molar-refractivity contribution is 7.20. The molecule has 1 fully saturated rings. The Morgan fingerprint density at radius 2 is 2.08 bits per heavy atom. The van der Waals surface area contributed by atoms with Crippen LogP contribution < -0.4 is 5.32 Å². The van der Waals surface area contributed by atoms with E-state index in [1.165, 1.54) is 0 Å². The Hall–Kier alpha value is -1.67. The van der Waals surface area contributed by atoms with Crippen LogP contribution in [0.4, 0.5) is 5.13 Å². The number of benzene rings is 1. The van der Waals surface area contributed by atoms with Crippen LogP contribution in [0.1, 0.15) is 19.3 Å². The summed E-state index contributed by atoms with van der Waals surface area (Å²) in [6.45, 7) is 3.24. The molecule has 0 saturated carbocycles. The van der Waals surface area contributed by atoms with Crippen molar-refractivity contribution in [3.05, 3.63) is 35.5 Å². The van der Waals surface area contributed by atoms with Crippen LogP contribution in [0, 0.1) is 0 Å². The molecule has 4 rings (SSSR count). The number of anilines is 1. The van der Waals surface area contributed by atoms with Gasteiger partial charge in [0.25, 0.3) is 0 Å². The zero-order chi connectivity index (χ0) is 17.8. The summed E-state index contributed by atoms with van der Waals surface area (Å²) in [5, 5.41) is 9.49.